The van der Waals surface area contributed by atoms with E-state index < -0.39 is 11.0 Å². The Balaban J connectivity index is 2.10. The summed E-state index contributed by atoms with van der Waals surface area (Å²) in [6.07, 6.45) is 2.11. The highest BCUT2D eigenvalue weighted by Crippen LogP contribution is 2.33. The Morgan fingerprint density at radius 1 is 1.56 bits per heavy atom. The molecule has 0 amide bonds. The highest BCUT2D eigenvalue weighted by Gasteiger charge is 2.29. The van der Waals surface area contributed by atoms with Gasteiger partial charge in [-0.15, -0.1) is 0 Å². The summed E-state index contributed by atoms with van der Waals surface area (Å²) in [6, 6.07) is 4.21. The molecule has 1 aromatic carbocycles. The van der Waals surface area contributed by atoms with E-state index in [9.17, 15) is 20.0 Å². The number of carbonyl (C=O) groups excluding carboxylic acids is 1. The zero-order chi connectivity index (χ0) is 13.1. The van der Waals surface area contributed by atoms with Crippen LogP contribution < -0.4 is 5.32 Å². The predicted octanol–water partition coefficient (Wildman–Crippen LogP) is 1.59. The van der Waals surface area contributed by atoms with Crippen LogP contribution in [0.2, 0.25) is 0 Å². The number of aldehydes is 1. The lowest BCUT2D eigenvalue weighted by Gasteiger charge is -2.12. The lowest BCUT2D eigenvalue weighted by molar-refractivity contribution is -0.384. The molecule has 1 saturated carbocycles. The zero-order valence-electron chi connectivity index (χ0n) is 9.70. The summed E-state index contributed by atoms with van der Waals surface area (Å²) in [5.74, 6) is 0.311. The number of hydrogen-bond donors (Lipinski definition) is 2. The molecule has 2 rings (SSSR count). The fourth-order valence-electron chi connectivity index (χ4n) is 1.78. The van der Waals surface area contributed by atoms with Gasteiger partial charge in [-0.3, -0.25) is 14.9 Å². The molecular formula is C12H14N2O4. The van der Waals surface area contributed by atoms with Crippen molar-refractivity contribution in [1.82, 2.24) is 0 Å². The van der Waals surface area contributed by atoms with Crippen molar-refractivity contribution in [3.8, 4) is 0 Å². The molecule has 0 aliphatic heterocycles. The molecular weight excluding hydrogens is 236 g/mol. The van der Waals surface area contributed by atoms with Crippen LogP contribution in [0.1, 0.15) is 23.2 Å². The summed E-state index contributed by atoms with van der Waals surface area (Å²) in [5, 5.41) is 23.4. The minimum Gasteiger partial charge on any atom is -0.391 e. The van der Waals surface area contributed by atoms with Gasteiger partial charge in [0, 0.05) is 18.2 Å². The molecule has 1 unspecified atom stereocenters. The fourth-order valence-corrected chi connectivity index (χ4v) is 1.78. The Hall–Kier alpha value is -1.95. The second kappa shape index (κ2) is 5.14. The Morgan fingerprint density at radius 2 is 2.28 bits per heavy atom. The highest BCUT2D eigenvalue weighted by atomic mass is 16.6. The first-order valence-corrected chi connectivity index (χ1v) is 5.77. The second-order valence-corrected chi connectivity index (χ2v) is 4.44. The van der Waals surface area contributed by atoms with Gasteiger partial charge in [-0.1, -0.05) is 0 Å². The van der Waals surface area contributed by atoms with Crippen LogP contribution in [0.25, 0.3) is 0 Å². The van der Waals surface area contributed by atoms with E-state index >= 15 is 0 Å². The molecule has 1 atom stereocenters. The number of carbonyl (C=O) groups is 1. The number of aliphatic hydroxyl groups is 1. The summed E-state index contributed by atoms with van der Waals surface area (Å²) >= 11 is 0. The third kappa shape index (κ3) is 2.84. The average Bonchev–Trinajstić information content (AvgIpc) is 3.19. The van der Waals surface area contributed by atoms with E-state index in [1.807, 2.05) is 0 Å². The Kier molecular flexibility index (Phi) is 3.57. The quantitative estimate of drug-likeness (QED) is 0.454. The van der Waals surface area contributed by atoms with Gasteiger partial charge in [-0.05, 0) is 30.9 Å². The molecule has 96 valence electrons. The first kappa shape index (κ1) is 12.5. The van der Waals surface area contributed by atoms with E-state index in [-0.39, 0.29) is 17.8 Å². The molecule has 1 fully saturated rings. The molecule has 2 N–H and O–H groups in total. The van der Waals surface area contributed by atoms with Crippen LogP contribution in [0.5, 0.6) is 0 Å². The van der Waals surface area contributed by atoms with Crippen molar-refractivity contribution in [3.05, 3.63) is 33.9 Å². The van der Waals surface area contributed by atoms with Crippen LogP contribution in [0.15, 0.2) is 18.2 Å². The van der Waals surface area contributed by atoms with Crippen LogP contribution >= 0.6 is 0 Å². The van der Waals surface area contributed by atoms with Crippen molar-refractivity contribution in [2.24, 2.45) is 5.92 Å². The van der Waals surface area contributed by atoms with E-state index in [0.29, 0.717) is 17.9 Å². The van der Waals surface area contributed by atoms with E-state index in [2.05, 4.69) is 5.32 Å². The third-order valence-electron chi connectivity index (χ3n) is 3.02. The van der Waals surface area contributed by atoms with Gasteiger partial charge < -0.3 is 10.4 Å². The van der Waals surface area contributed by atoms with Crippen LogP contribution in [0, 0.1) is 16.0 Å². The number of aliphatic hydroxyl groups excluding tert-OH is 1. The van der Waals surface area contributed by atoms with Gasteiger partial charge >= 0.3 is 0 Å². The van der Waals surface area contributed by atoms with E-state index in [4.69, 9.17) is 0 Å². The van der Waals surface area contributed by atoms with Crippen molar-refractivity contribution in [1.29, 1.82) is 0 Å². The summed E-state index contributed by atoms with van der Waals surface area (Å²) in [5.41, 5.74) is 0.433. The molecule has 0 saturated heterocycles. The summed E-state index contributed by atoms with van der Waals surface area (Å²) in [4.78, 5) is 20.9. The molecule has 1 aliphatic carbocycles. The number of nitrogens with one attached hydrogen (secondary N) is 1. The number of nitrogens with zero attached hydrogens (tertiary/aromatic N) is 1. The van der Waals surface area contributed by atoms with Crippen LogP contribution in [-0.4, -0.2) is 29.0 Å². The Morgan fingerprint density at radius 3 is 2.83 bits per heavy atom. The van der Waals surface area contributed by atoms with Crippen molar-refractivity contribution in [3.63, 3.8) is 0 Å². The average molecular weight is 250 g/mol. The second-order valence-electron chi connectivity index (χ2n) is 4.44. The van der Waals surface area contributed by atoms with Gasteiger partial charge in [-0.25, -0.2) is 0 Å². The van der Waals surface area contributed by atoms with Gasteiger partial charge in [-0.2, -0.15) is 0 Å². The number of nitro groups is 1. The van der Waals surface area contributed by atoms with E-state index in [0.717, 1.165) is 12.8 Å². The number of nitro benzene ring substituents is 1. The number of anilines is 1. The van der Waals surface area contributed by atoms with Crippen LogP contribution in [0.4, 0.5) is 11.4 Å². The lowest BCUT2D eigenvalue weighted by Crippen LogP contribution is -2.21. The normalized spacial score (nSPS) is 16.1. The SMILES string of the molecule is O=Cc1ccc(NCC(O)C2CC2)c([N+](=O)[O-])c1. The summed E-state index contributed by atoms with van der Waals surface area (Å²) in [6.45, 7) is 0.284. The van der Waals surface area contributed by atoms with Gasteiger partial charge in [0.15, 0.2) is 0 Å². The summed E-state index contributed by atoms with van der Waals surface area (Å²) < 4.78 is 0. The van der Waals surface area contributed by atoms with E-state index in [1.165, 1.54) is 18.2 Å². The maximum Gasteiger partial charge on any atom is 0.293 e. The smallest absolute Gasteiger partial charge is 0.293 e. The molecule has 6 heteroatoms. The third-order valence-corrected chi connectivity index (χ3v) is 3.02. The maximum absolute atomic E-state index is 10.9. The molecule has 0 aromatic heterocycles. The fraction of sp³-hybridized carbons (Fsp3) is 0.417. The van der Waals surface area contributed by atoms with Gasteiger partial charge in [0.2, 0.25) is 0 Å². The lowest BCUT2D eigenvalue weighted by atomic mass is 10.1. The molecule has 0 radical (unpaired) electrons. The molecule has 6 nitrogen and oxygen atoms in total. The molecule has 0 spiro atoms. The van der Waals surface area contributed by atoms with E-state index in [1.54, 1.807) is 0 Å². The van der Waals surface area contributed by atoms with Crippen molar-refractivity contribution < 1.29 is 14.8 Å². The van der Waals surface area contributed by atoms with Crippen molar-refractivity contribution in [2.75, 3.05) is 11.9 Å². The molecule has 18 heavy (non-hydrogen) atoms. The Bertz CT molecular complexity index is 471. The topological polar surface area (TPSA) is 92.5 Å². The monoisotopic (exact) mass is 250 g/mol. The molecule has 1 aliphatic rings. The maximum atomic E-state index is 10.9. The van der Waals surface area contributed by atoms with Crippen molar-refractivity contribution in [2.45, 2.75) is 18.9 Å². The van der Waals surface area contributed by atoms with Crippen LogP contribution in [-0.2, 0) is 0 Å². The number of rotatable bonds is 6. The number of hydrogen-bond acceptors (Lipinski definition) is 5. The summed E-state index contributed by atoms with van der Waals surface area (Å²) in [7, 11) is 0. The standard InChI is InChI=1S/C12H14N2O4/c15-7-8-1-4-10(11(5-8)14(17)18)13-6-12(16)9-2-3-9/h1,4-5,7,9,12-13,16H,2-3,6H2. The molecule has 0 bridgehead atoms. The largest absolute Gasteiger partial charge is 0.391 e. The van der Waals surface area contributed by atoms with Crippen molar-refractivity contribution >= 4 is 17.7 Å². The minimum atomic E-state index is -0.543. The highest BCUT2D eigenvalue weighted by molar-refractivity contribution is 5.79. The number of benzene rings is 1. The molecule has 0 heterocycles. The Labute approximate surface area is 104 Å². The molecule has 1 aromatic rings. The van der Waals surface area contributed by atoms with Gasteiger partial charge in [0.05, 0.1) is 11.0 Å². The van der Waals surface area contributed by atoms with Gasteiger partial charge in [0.25, 0.3) is 5.69 Å². The zero-order valence-corrected chi connectivity index (χ0v) is 9.70. The minimum absolute atomic E-state index is 0.150. The first-order chi connectivity index (χ1) is 8.61. The predicted molar refractivity (Wildman–Crippen MR) is 65.7 cm³/mol. The first-order valence-electron chi connectivity index (χ1n) is 5.77. The van der Waals surface area contributed by atoms with Crippen LogP contribution in [0.3, 0.4) is 0 Å². The van der Waals surface area contributed by atoms with Gasteiger partial charge in [0.1, 0.15) is 12.0 Å².